The first-order valence-electron chi connectivity index (χ1n) is 2.56. The average Bonchev–Trinajstić information content (AvgIpc) is 2.36. The van der Waals surface area contributed by atoms with Crippen molar-refractivity contribution in [2.75, 3.05) is 0 Å². The molecule has 2 aromatic heterocycles. The molecule has 5 nitrogen and oxygen atoms in total. The van der Waals surface area contributed by atoms with Crippen molar-refractivity contribution in [1.82, 2.24) is 25.6 Å². The molecule has 2 rings (SSSR count). The maximum Gasteiger partial charge on any atom is 0.152 e. The zero-order valence-electron chi connectivity index (χ0n) is 4.74. The molecule has 10 heavy (non-hydrogen) atoms. The fourth-order valence-electron chi connectivity index (χ4n) is 0.667. The molecule has 1 N–H and O–H groups in total. The number of halogens is 1. The number of aromatic nitrogens is 5. The van der Waals surface area contributed by atoms with Crippen LogP contribution < -0.4 is 0 Å². The summed E-state index contributed by atoms with van der Waals surface area (Å²) in [6, 6.07) is 0. The van der Waals surface area contributed by atoms with Gasteiger partial charge in [-0.1, -0.05) is 0 Å². The van der Waals surface area contributed by atoms with Crippen LogP contribution in [0.5, 0.6) is 0 Å². The maximum absolute atomic E-state index is 3.79. The van der Waals surface area contributed by atoms with E-state index in [0.29, 0.717) is 0 Å². The summed E-state index contributed by atoms with van der Waals surface area (Å²) >= 11 is 2.07. The van der Waals surface area contributed by atoms with Gasteiger partial charge in [0.05, 0.1) is 6.20 Å². The van der Waals surface area contributed by atoms with Crippen LogP contribution >= 0.6 is 22.6 Å². The molecule has 0 aliphatic carbocycles. The predicted molar refractivity (Wildman–Crippen MR) is 42.2 cm³/mol. The first kappa shape index (κ1) is 5.96. The van der Waals surface area contributed by atoms with Crippen molar-refractivity contribution in [1.29, 1.82) is 0 Å². The quantitative estimate of drug-likeness (QED) is 0.682. The minimum atomic E-state index is 0.749. The summed E-state index contributed by atoms with van der Waals surface area (Å²) in [5, 5.41) is 17.5. The van der Waals surface area contributed by atoms with Gasteiger partial charge in [0, 0.05) is 0 Å². The highest BCUT2D eigenvalue weighted by atomic mass is 127. The highest BCUT2D eigenvalue weighted by Crippen LogP contribution is 2.10. The van der Waals surface area contributed by atoms with Crippen LogP contribution in [0.1, 0.15) is 0 Å². The van der Waals surface area contributed by atoms with Crippen molar-refractivity contribution in [2.24, 2.45) is 0 Å². The molecule has 50 valence electrons. The monoisotopic (exact) mass is 247 g/mol. The summed E-state index contributed by atoms with van der Waals surface area (Å²) in [6.45, 7) is 0. The normalized spacial score (nSPS) is 10.5. The number of nitrogens with zero attached hydrogens (tertiary/aromatic N) is 4. The molecule has 0 amide bonds. The molecular formula is C4H2IN5. The fraction of sp³-hybridized carbons (Fsp3) is 0. The molecule has 0 aliphatic rings. The zero-order valence-corrected chi connectivity index (χ0v) is 6.90. The van der Waals surface area contributed by atoms with E-state index in [-0.39, 0.29) is 0 Å². The standard InChI is InChI=1S/C4H2IN5/c5-4-3-2(1-6-8-3)7-10-9-4/h1H,(H,6,8). The molecule has 6 heteroatoms. The lowest BCUT2D eigenvalue weighted by Gasteiger charge is -1.85. The van der Waals surface area contributed by atoms with Crippen molar-refractivity contribution >= 4 is 33.6 Å². The Morgan fingerprint density at radius 3 is 3.10 bits per heavy atom. The van der Waals surface area contributed by atoms with Crippen LogP contribution in [0.4, 0.5) is 0 Å². The molecule has 0 radical (unpaired) electrons. The van der Waals surface area contributed by atoms with Crippen LogP contribution in [-0.4, -0.2) is 25.6 Å². The average molecular weight is 247 g/mol. The van der Waals surface area contributed by atoms with E-state index in [9.17, 15) is 0 Å². The van der Waals surface area contributed by atoms with Crippen LogP contribution in [0, 0.1) is 3.70 Å². The van der Waals surface area contributed by atoms with E-state index < -0.39 is 0 Å². The third-order valence-electron chi connectivity index (χ3n) is 1.11. The Labute approximate surface area is 69.4 Å². The van der Waals surface area contributed by atoms with Crippen molar-refractivity contribution in [2.45, 2.75) is 0 Å². The van der Waals surface area contributed by atoms with Gasteiger partial charge in [-0.3, -0.25) is 5.10 Å². The highest BCUT2D eigenvalue weighted by molar-refractivity contribution is 14.1. The van der Waals surface area contributed by atoms with Crippen molar-refractivity contribution in [3.05, 3.63) is 9.90 Å². The van der Waals surface area contributed by atoms with Gasteiger partial charge in [-0.25, -0.2) is 0 Å². The molecule has 2 heterocycles. The number of nitrogens with one attached hydrogen (secondary N) is 1. The van der Waals surface area contributed by atoms with Crippen LogP contribution in [0.3, 0.4) is 0 Å². The van der Waals surface area contributed by atoms with Crippen molar-refractivity contribution < 1.29 is 0 Å². The number of fused-ring (bicyclic) bond motifs is 1. The van der Waals surface area contributed by atoms with Gasteiger partial charge in [0.15, 0.2) is 3.70 Å². The Bertz CT molecular complexity index is 355. The molecule has 0 aliphatic heterocycles. The lowest BCUT2D eigenvalue weighted by atomic mass is 10.5. The topological polar surface area (TPSA) is 67.3 Å². The Morgan fingerprint density at radius 2 is 2.30 bits per heavy atom. The number of H-pyrrole nitrogens is 1. The summed E-state index contributed by atoms with van der Waals surface area (Å²) in [7, 11) is 0. The number of aromatic amines is 1. The van der Waals surface area contributed by atoms with E-state index >= 15 is 0 Å². The van der Waals surface area contributed by atoms with E-state index in [4.69, 9.17) is 0 Å². The lowest BCUT2D eigenvalue weighted by molar-refractivity contribution is 0.878. The van der Waals surface area contributed by atoms with Gasteiger partial charge in [0.25, 0.3) is 0 Å². The molecule has 0 unspecified atom stereocenters. The van der Waals surface area contributed by atoms with Crippen LogP contribution in [-0.2, 0) is 0 Å². The lowest BCUT2D eigenvalue weighted by Crippen LogP contribution is -1.90. The largest absolute Gasteiger partial charge is 0.273 e. The number of rotatable bonds is 0. The SMILES string of the molecule is Ic1nnnc2cn[nH]c12. The fourth-order valence-corrected chi connectivity index (χ4v) is 1.16. The molecule has 0 spiro atoms. The molecular weight excluding hydrogens is 245 g/mol. The van der Waals surface area contributed by atoms with E-state index in [1.54, 1.807) is 6.20 Å². The van der Waals surface area contributed by atoms with Crippen LogP contribution in [0.15, 0.2) is 6.20 Å². The Hall–Kier alpha value is -0.790. The summed E-state index contributed by atoms with van der Waals surface area (Å²) in [4.78, 5) is 0. The summed E-state index contributed by atoms with van der Waals surface area (Å²) in [6.07, 6.45) is 1.62. The summed E-state index contributed by atoms with van der Waals surface area (Å²) < 4.78 is 0.792. The van der Waals surface area contributed by atoms with Gasteiger partial charge < -0.3 is 0 Å². The number of hydrogen-bond acceptors (Lipinski definition) is 4. The van der Waals surface area contributed by atoms with E-state index in [1.165, 1.54) is 0 Å². The molecule has 0 fully saturated rings. The van der Waals surface area contributed by atoms with Gasteiger partial charge in [-0.15, -0.1) is 10.2 Å². The van der Waals surface area contributed by atoms with Gasteiger partial charge in [-0.05, 0) is 27.8 Å². The first-order valence-corrected chi connectivity index (χ1v) is 3.64. The Morgan fingerprint density at radius 1 is 1.40 bits per heavy atom. The van der Waals surface area contributed by atoms with Gasteiger partial charge in [0.1, 0.15) is 11.0 Å². The first-order chi connectivity index (χ1) is 4.88. The molecule has 2 aromatic rings. The second-order valence-corrected chi connectivity index (χ2v) is 2.73. The summed E-state index contributed by atoms with van der Waals surface area (Å²) in [5.74, 6) is 0. The van der Waals surface area contributed by atoms with E-state index in [0.717, 1.165) is 14.7 Å². The highest BCUT2D eigenvalue weighted by Gasteiger charge is 2.01. The minimum absolute atomic E-state index is 0.749. The van der Waals surface area contributed by atoms with Crippen LogP contribution in [0.2, 0.25) is 0 Å². The van der Waals surface area contributed by atoms with Crippen molar-refractivity contribution in [3.63, 3.8) is 0 Å². The van der Waals surface area contributed by atoms with Crippen molar-refractivity contribution in [3.8, 4) is 0 Å². The third kappa shape index (κ3) is 0.753. The second-order valence-electron chi connectivity index (χ2n) is 1.71. The molecule has 0 atom stereocenters. The van der Waals surface area contributed by atoms with Crippen LogP contribution in [0.25, 0.3) is 11.0 Å². The Kier molecular flexibility index (Phi) is 1.26. The maximum atomic E-state index is 3.79. The molecule has 0 aromatic carbocycles. The predicted octanol–water partition coefficient (Wildman–Crippen LogP) is 0.352. The number of hydrogen-bond donors (Lipinski definition) is 1. The van der Waals surface area contributed by atoms with Gasteiger partial charge in [0.2, 0.25) is 0 Å². The Balaban J connectivity index is 2.95. The van der Waals surface area contributed by atoms with E-state index in [2.05, 4.69) is 48.2 Å². The van der Waals surface area contributed by atoms with Gasteiger partial charge in [-0.2, -0.15) is 5.10 Å². The molecule has 0 saturated carbocycles. The molecule has 0 saturated heterocycles. The van der Waals surface area contributed by atoms with E-state index in [1.807, 2.05) is 0 Å². The zero-order chi connectivity index (χ0) is 6.97. The third-order valence-corrected chi connectivity index (χ3v) is 1.87. The molecule has 0 bridgehead atoms. The minimum Gasteiger partial charge on any atom is -0.273 e. The summed E-state index contributed by atoms with van der Waals surface area (Å²) in [5.41, 5.74) is 1.59. The second kappa shape index (κ2) is 2.11. The van der Waals surface area contributed by atoms with Gasteiger partial charge >= 0.3 is 0 Å². The smallest absolute Gasteiger partial charge is 0.152 e.